The minimum absolute atomic E-state index is 0.00963. The molecular formula is C13H10IN3O4. The first-order valence-corrected chi connectivity index (χ1v) is 7.75. The van der Waals surface area contributed by atoms with Crippen molar-refractivity contribution in [3.05, 3.63) is 34.9 Å². The van der Waals surface area contributed by atoms with Crippen LogP contribution in [0.3, 0.4) is 0 Å². The lowest BCUT2D eigenvalue weighted by Gasteiger charge is -2.32. The zero-order valence-electron chi connectivity index (χ0n) is 10.8. The molecule has 1 aromatic carbocycles. The van der Waals surface area contributed by atoms with Gasteiger partial charge in [-0.3, -0.25) is 19.7 Å². The van der Waals surface area contributed by atoms with Crippen molar-refractivity contribution in [2.75, 3.05) is 6.54 Å². The standard InChI is InChI=1S/C13H10IN3O4/c14-6-7-2-1-3-8-10(7)12(20)17(11(8)19)16-5-4-9(18)15-13(16)21/h1-3H,4-6H2,(H,15,18,21). The summed E-state index contributed by atoms with van der Waals surface area (Å²) in [6, 6.07) is 4.30. The number of alkyl halides is 1. The van der Waals surface area contributed by atoms with Gasteiger partial charge in [-0.15, -0.1) is 0 Å². The van der Waals surface area contributed by atoms with Gasteiger partial charge in [0, 0.05) is 10.8 Å². The van der Waals surface area contributed by atoms with Gasteiger partial charge in [-0.25, -0.2) is 9.80 Å². The Balaban J connectivity index is 2.00. The predicted molar refractivity (Wildman–Crippen MR) is 79.5 cm³/mol. The molecule has 0 aliphatic carbocycles. The number of urea groups is 1. The molecule has 0 bridgehead atoms. The quantitative estimate of drug-likeness (QED) is 0.458. The first kappa shape index (κ1) is 14.0. The molecule has 0 spiro atoms. The number of imide groups is 2. The van der Waals surface area contributed by atoms with Crippen LogP contribution in [-0.4, -0.2) is 40.3 Å². The predicted octanol–water partition coefficient (Wildman–Crippen LogP) is 1.07. The summed E-state index contributed by atoms with van der Waals surface area (Å²) in [5, 5.41) is 3.91. The van der Waals surface area contributed by atoms with E-state index in [1.165, 1.54) is 0 Å². The van der Waals surface area contributed by atoms with Gasteiger partial charge >= 0.3 is 6.03 Å². The average molecular weight is 399 g/mol. The van der Waals surface area contributed by atoms with Crippen molar-refractivity contribution in [2.45, 2.75) is 10.8 Å². The lowest BCUT2D eigenvalue weighted by Crippen LogP contribution is -2.58. The van der Waals surface area contributed by atoms with Crippen LogP contribution in [0.4, 0.5) is 4.79 Å². The number of nitrogens with zero attached hydrogens (tertiary/aromatic N) is 2. The largest absolute Gasteiger partial charge is 0.343 e. The molecule has 0 saturated carbocycles. The number of nitrogens with one attached hydrogen (secondary N) is 1. The third-order valence-corrected chi connectivity index (χ3v) is 4.22. The van der Waals surface area contributed by atoms with Crippen molar-refractivity contribution in [2.24, 2.45) is 0 Å². The monoisotopic (exact) mass is 399 g/mol. The number of fused-ring (bicyclic) bond motifs is 1. The van der Waals surface area contributed by atoms with E-state index in [0.717, 1.165) is 15.6 Å². The van der Waals surface area contributed by atoms with Crippen LogP contribution in [0, 0.1) is 0 Å². The third-order valence-electron chi connectivity index (χ3n) is 3.40. The van der Waals surface area contributed by atoms with Gasteiger partial charge in [0.1, 0.15) is 0 Å². The fraction of sp³-hybridized carbons (Fsp3) is 0.231. The third kappa shape index (κ3) is 2.09. The van der Waals surface area contributed by atoms with Crippen LogP contribution in [0.15, 0.2) is 18.2 Å². The molecule has 0 aromatic heterocycles. The maximum absolute atomic E-state index is 12.5. The summed E-state index contributed by atoms with van der Waals surface area (Å²) >= 11 is 2.11. The Kier molecular flexibility index (Phi) is 3.40. The highest BCUT2D eigenvalue weighted by Crippen LogP contribution is 2.29. The SMILES string of the molecule is O=C1CCN(N2C(=O)c3cccc(CI)c3C2=O)C(=O)N1. The van der Waals surface area contributed by atoms with Gasteiger partial charge in [-0.2, -0.15) is 5.01 Å². The first-order valence-electron chi connectivity index (χ1n) is 6.22. The van der Waals surface area contributed by atoms with Crippen LogP contribution in [0.5, 0.6) is 0 Å². The van der Waals surface area contributed by atoms with Crippen LogP contribution in [-0.2, 0) is 9.22 Å². The molecule has 2 aliphatic rings. The van der Waals surface area contributed by atoms with E-state index < -0.39 is 23.8 Å². The molecule has 7 nitrogen and oxygen atoms in total. The van der Waals surface area contributed by atoms with E-state index in [0.29, 0.717) is 15.6 Å². The Morgan fingerprint density at radius 1 is 1.14 bits per heavy atom. The number of hydrogen-bond acceptors (Lipinski definition) is 4. The molecule has 1 N–H and O–H groups in total. The number of amides is 5. The average Bonchev–Trinajstić information content (AvgIpc) is 2.72. The Hall–Kier alpha value is -1.97. The van der Waals surface area contributed by atoms with E-state index in [9.17, 15) is 19.2 Å². The number of hydrogen-bond donors (Lipinski definition) is 1. The molecule has 3 rings (SSSR count). The highest BCUT2D eigenvalue weighted by molar-refractivity contribution is 14.1. The summed E-state index contributed by atoms with van der Waals surface area (Å²) in [5.41, 5.74) is 1.38. The Morgan fingerprint density at radius 3 is 2.57 bits per heavy atom. The van der Waals surface area contributed by atoms with E-state index in [2.05, 4.69) is 27.9 Å². The maximum Gasteiger partial charge on any atom is 0.343 e. The molecule has 21 heavy (non-hydrogen) atoms. The second-order valence-corrected chi connectivity index (χ2v) is 5.38. The molecule has 8 heteroatoms. The molecule has 0 atom stereocenters. The van der Waals surface area contributed by atoms with E-state index >= 15 is 0 Å². The molecular weight excluding hydrogens is 389 g/mol. The van der Waals surface area contributed by atoms with Crippen molar-refractivity contribution < 1.29 is 19.2 Å². The second kappa shape index (κ2) is 5.10. The minimum atomic E-state index is -0.753. The number of hydrazine groups is 1. The van der Waals surface area contributed by atoms with E-state index in [-0.39, 0.29) is 13.0 Å². The Morgan fingerprint density at radius 2 is 1.90 bits per heavy atom. The van der Waals surface area contributed by atoms with Crippen molar-refractivity contribution in [3.8, 4) is 0 Å². The van der Waals surface area contributed by atoms with Gasteiger partial charge in [0.2, 0.25) is 5.91 Å². The highest BCUT2D eigenvalue weighted by atomic mass is 127. The summed E-state index contributed by atoms with van der Waals surface area (Å²) in [6.07, 6.45) is 0.0539. The van der Waals surface area contributed by atoms with E-state index in [4.69, 9.17) is 0 Å². The number of halogens is 1. The number of carbonyl (C=O) groups is 4. The van der Waals surface area contributed by atoms with Crippen molar-refractivity contribution in [3.63, 3.8) is 0 Å². The van der Waals surface area contributed by atoms with Crippen LogP contribution in [0.1, 0.15) is 32.7 Å². The molecule has 108 valence electrons. The molecule has 5 amide bonds. The van der Waals surface area contributed by atoms with Crippen molar-refractivity contribution in [1.29, 1.82) is 0 Å². The molecule has 1 aromatic rings. The molecule has 2 aliphatic heterocycles. The zero-order chi connectivity index (χ0) is 15.1. The number of rotatable bonds is 2. The maximum atomic E-state index is 12.5. The zero-order valence-corrected chi connectivity index (χ0v) is 12.9. The molecule has 2 heterocycles. The first-order chi connectivity index (χ1) is 10.0. The second-order valence-electron chi connectivity index (χ2n) is 4.62. The smallest absolute Gasteiger partial charge is 0.276 e. The molecule has 1 saturated heterocycles. The molecule has 1 fully saturated rings. The van der Waals surface area contributed by atoms with Gasteiger partial charge in [-0.1, -0.05) is 34.7 Å². The van der Waals surface area contributed by atoms with Crippen molar-refractivity contribution in [1.82, 2.24) is 15.3 Å². The normalized spacial score (nSPS) is 18.1. The summed E-state index contributed by atoms with van der Waals surface area (Å²) in [5.74, 6) is -1.47. The van der Waals surface area contributed by atoms with Gasteiger partial charge in [-0.05, 0) is 11.6 Å². The van der Waals surface area contributed by atoms with Gasteiger partial charge in [0.15, 0.2) is 0 Å². The summed E-state index contributed by atoms with van der Waals surface area (Å²) in [7, 11) is 0. The van der Waals surface area contributed by atoms with Crippen LogP contribution >= 0.6 is 22.6 Å². The van der Waals surface area contributed by atoms with Crippen molar-refractivity contribution >= 4 is 46.3 Å². The molecule has 0 unspecified atom stereocenters. The summed E-state index contributed by atoms with van der Waals surface area (Å²) in [6.45, 7) is 0.00963. The lowest BCUT2D eigenvalue weighted by molar-refractivity contribution is -0.122. The fourth-order valence-electron chi connectivity index (χ4n) is 2.42. The minimum Gasteiger partial charge on any atom is -0.276 e. The number of benzene rings is 1. The summed E-state index contributed by atoms with van der Waals surface area (Å²) in [4.78, 5) is 47.9. The van der Waals surface area contributed by atoms with E-state index in [1.807, 2.05) is 0 Å². The topological polar surface area (TPSA) is 86.8 Å². The number of carbonyl (C=O) groups excluding carboxylic acids is 4. The van der Waals surface area contributed by atoms with E-state index in [1.54, 1.807) is 18.2 Å². The van der Waals surface area contributed by atoms with Crippen LogP contribution in [0.25, 0.3) is 0 Å². The summed E-state index contributed by atoms with van der Waals surface area (Å²) < 4.78 is 0.582. The van der Waals surface area contributed by atoms with Gasteiger partial charge in [0.25, 0.3) is 11.8 Å². The fourth-order valence-corrected chi connectivity index (χ4v) is 3.06. The van der Waals surface area contributed by atoms with Crippen LogP contribution in [0.2, 0.25) is 0 Å². The lowest BCUT2D eigenvalue weighted by atomic mass is 10.0. The van der Waals surface area contributed by atoms with Gasteiger partial charge < -0.3 is 0 Å². The van der Waals surface area contributed by atoms with Crippen LogP contribution < -0.4 is 5.32 Å². The molecule has 0 radical (unpaired) electrons. The van der Waals surface area contributed by atoms with Gasteiger partial charge in [0.05, 0.1) is 17.7 Å². The highest BCUT2D eigenvalue weighted by Gasteiger charge is 2.43. The Bertz CT molecular complexity index is 688. The Labute approximate surface area is 133 Å².